The van der Waals surface area contributed by atoms with E-state index in [0.717, 1.165) is 30.7 Å². The zero-order valence-corrected chi connectivity index (χ0v) is 12.9. The van der Waals surface area contributed by atoms with Crippen molar-refractivity contribution < 1.29 is 14.2 Å². The third-order valence-corrected chi connectivity index (χ3v) is 3.15. The van der Waals surface area contributed by atoms with Gasteiger partial charge >= 0.3 is 0 Å². The smallest absolute Gasteiger partial charge is 0.164 e. The van der Waals surface area contributed by atoms with Crippen molar-refractivity contribution in [3.8, 4) is 17.2 Å². The van der Waals surface area contributed by atoms with Gasteiger partial charge in [0.15, 0.2) is 11.5 Å². The summed E-state index contributed by atoms with van der Waals surface area (Å²) in [5, 5.41) is 3.50. The average Bonchev–Trinajstić information content (AvgIpc) is 2.50. The summed E-state index contributed by atoms with van der Waals surface area (Å²) in [5.41, 5.74) is 1.05. The van der Waals surface area contributed by atoms with Crippen LogP contribution in [0.2, 0.25) is 0 Å². The van der Waals surface area contributed by atoms with Gasteiger partial charge in [-0.3, -0.25) is 0 Å². The van der Waals surface area contributed by atoms with Crippen LogP contribution in [0.5, 0.6) is 17.2 Å². The van der Waals surface area contributed by atoms with Crippen molar-refractivity contribution in [2.75, 3.05) is 27.9 Å². The highest BCUT2D eigenvalue weighted by Gasteiger charge is 2.18. The highest BCUT2D eigenvalue weighted by Crippen LogP contribution is 2.38. The predicted octanol–water partition coefficient (Wildman–Crippen LogP) is 3.33. The number of hydrogen-bond donors (Lipinski definition) is 1. The van der Waals surface area contributed by atoms with Crippen LogP contribution >= 0.6 is 0 Å². The molecule has 0 heterocycles. The first-order valence-corrected chi connectivity index (χ1v) is 6.85. The third kappa shape index (κ3) is 3.90. The molecule has 0 spiro atoms. The second-order valence-electron chi connectivity index (χ2n) is 4.48. The van der Waals surface area contributed by atoms with Crippen LogP contribution < -0.4 is 19.5 Å². The molecule has 4 nitrogen and oxygen atoms in total. The quantitative estimate of drug-likeness (QED) is 0.704. The van der Waals surface area contributed by atoms with E-state index in [1.165, 1.54) is 0 Å². The lowest BCUT2D eigenvalue weighted by Gasteiger charge is -2.21. The topological polar surface area (TPSA) is 39.7 Å². The number of hydrogen-bond acceptors (Lipinski definition) is 4. The number of methoxy groups -OCH3 is 3. The van der Waals surface area contributed by atoms with Crippen molar-refractivity contribution in [2.24, 2.45) is 0 Å². The average molecular weight is 279 g/mol. The highest BCUT2D eigenvalue weighted by atomic mass is 16.5. The second kappa shape index (κ2) is 8.48. The van der Waals surface area contributed by atoms with E-state index in [9.17, 15) is 0 Å². The lowest BCUT2D eigenvalue weighted by Crippen LogP contribution is -2.22. The summed E-state index contributed by atoms with van der Waals surface area (Å²) in [7, 11) is 4.92. The van der Waals surface area contributed by atoms with Gasteiger partial charge in [0.25, 0.3) is 0 Å². The first-order chi connectivity index (χ1) is 9.71. The monoisotopic (exact) mass is 279 g/mol. The van der Waals surface area contributed by atoms with Gasteiger partial charge in [0.1, 0.15) is 5.75 Å². The van der Waals surface area contributed by atoms with Gasteiger partial charge in [0, 0.05) is 17.7 Å². The lowest BCUT2D eigenvalue weighted by atomic mass is 10.0. The standard InChI is InChI=1S/C16H25NO3/c1-6-8-13(17-9-7-2)12-10-15(19-4)16(20-5)11-14(12)18-3/h6,10-11,13,17H,1,7-9H2,2-5H3. The van der Waals surface area contributed by atoms with Crippen molar-refractivity contribution in [3.63, 3.8) is 0 Å². The van der Waals surface area contributed by atoms with Gasteiger partial charge in [-0.05, 0) is 25.5 Å². The molecule has 0 saturated heterocycles. The molecule has 0 radical (unpaired) electrons. The summed E-state index contributed by atoms with van der Waals surface area (Å²) in [6, 6.07) is 3.98. The Labute approximate surface area is 121 Å². The van der Waals surface area contributed by atoms with Crippen LogP contribution in [0, 0.1) is 0 Å². The molecule has 0 bridgehead atoms. The molecule has 1 atom stereocenters. The minimum absolute atomic E-state index is 0.155. The van der Waals surface area contributed by atoms with Crippen molar-refractivity contribution in [2.45, 2.75) is 25.8 Å². The zero-order valence-electron chi connectivity index (χ0n) is 12.9. The molecule has 112 valence electrons. The SMILES string of the molecule is C=CCC(NCCC)c1cc(OC)c(OC)cc1OC. The fraction of sp³-hybridized carbons (Fsp3) is 0.500. The minimum Gasteiger partial charge on any atom is -0.496 e. The van der Waals surface area contributed by atoms with E-state index in [1.807, 2.05) is 18.2 Å². The van der Waals surface area contributed by atoms with Gasteiger partial charge in [0.05, 0.1) is 21.3 Å². The van der Waals surface area contributed by atoms with Crippen LogP contribution in [0.1, 0.15) is 31.4 Å². The van der Waals surface area contributed by atoms with E-state index >= 15 is 0 Å². The Morgan fingerprint density at radius 3 is 2.20 bits per heavy atom. The van der Waals surface area contributed by atoms with Gasteiger partial charge < -0.3 is 19.5 Å². The van der Waals surface area contributed by atoms with Crippen LogP contribution in [0.4, 0.5) is 0 Å². The molecule has 1 unspecified atom stereocenters. The fourth-order valence-electron chi connectivity index (χ4n) is 2.13. The van der Waals surface area contributed by atoms with Gasteiger partial charge in [-0.25, -0.2) is 0 Å². The van der Waals surface area contributed by atoms with Crippen molar-refractivity contribution >= 4 is 0 Å². The molecular formula is C16H25NO3. The highest BCUT2D eigenvalue weighted by molar-refractivity contribution is 5.52. The van der Waals surface area contributed by atoms with Crippen molar-refractivity contribution in [1.29, 1.82) is 0 Å². The Morgan fingerprint density at radius 2 is 1.70 bits per heavy atom. The minimum atomic E-state index is 0.155. The summed E-state index contributed by atoms with van der Waals surface area (Å²) in [6.07, 6.45) is 3.80. The maximum absolute atomic E-state index is 5.48. The van der Waals surface area contributed by atoms with E-state index < -0.39 is 0 Å². The van der Waals surface area contributed by atoms with Crippen LogP contribution in [0.25, 0.3) is 0 Å². The molecule has 4 heteroatoms. The second-order valence-corrected chi connectivity index (χ2v) is 4.48. The van der Waals surface area contributed by atoms with E-state index in [-0.39, 0.29) is 6.04 Å². The first-order valence-electron chi connectivity index (χ1n) is 6.85. The van der Waals surface area contributed by atoms with Crippen LogP contribution in [0.15, 0.2) is 24.8 Å². The van der Waals surface area contributed by atoms with Gasteiger partial charge in [-0.1, -0.05) is 13.0 Å². The molecule has 1 rings (SSSR count). The molecule has 20 heavy (non-hydrogen) atoms. The van der Waals surface area contributed by atoms with Crippen molar-refractivity contribution in [1.82, 2.24) is 5.32 Å². The fourth-order valence-corrected chi connectivity index (χ4v) is 2.13. The maximum Gasteiger partial charge on any atom is 0.164 e. The molecule has 0 aliphatic rings. The zero-order chi connectivity index (χ0) is 15.0. The summed E-state index contributed by atoms with van der Waals surface area (Å²) in [5.74, 6) is 2.16. The van der Waals surface area contributed by atoms with E-state index in [2.05, 4.69) is 18.8 Å². The maximum atomic E-state index is 5.48. The van der Waals surface area contributed by atoms with Gasteiger partial charge in [0.2, 0.25) is 0 Å². The molecule has 1 aromatic carbocycles. The van der Waals surface area contributed by atoms with E-state index in [1.54, 1.807) is 21.3 Å². The van der Waals surface area contributed by atoms with Crippen molar-refractivity contribution in [3.05, 3.63) is 30.4 Å². The number of ether oxygens (including phenoxy) is 3. The van der Waals surface area contributed by atoms with E-state index in [4.69, 9.17) is 14.2 Å². The Bertz CT molecular complexity index is 432. The van der Waals surface area contributed by atoms with Crippen LogP contribution in [0.3, 0.4) is 0 Å². The number of nitrogens with one attached hydrogen (secondary N) is 1. The Morgan fingerprint density at radius 1 is 1.10 bits per heavy atom. The molecule has 1 aromatic rings. The summed E-state index contributed by atoms with van der Waals surface area (Å²) in [4.78, 5) is 0. The Kier molecular flexibility index (Phi) is 6.94. The largest absolute Gasteiger partial charge is 0.496 e. The molecule has 1 N–H and O–H groups in total. The Hall–Kier alpha value is -1.68. The lowest BCUT2D eigenvalue weighted by molar-refractivity contribution is 0.345. The molecule has 0 aliphatic heterocycles. The summed E-state index contributed by atoms with van der Waals surface area (Å²) in [6.45, 7) is 6.91. The molecular weight excluding hydrogens is 254 g/mol. The van der Waals surface area contributed by atoms with Gasteiger partial charge in [-0.15, -0.1) is 6.58 Å². The van der Waals surface area contributed by atoms with Crippen LogP contribution in [-0.4, -0.2) is 27.9 Å². The molecule has 0 fully saturated rings. The third-order valence-electron chi connectivity index (χ3n) is 3.15. The Balaban J connectivity index is 3.19. The summed E-state index contributed by atoms with van der Waals surface area (Å²) >= 11 is 0. The summed E-state index contributed by atoms with van der Waals surface area (Å²) < 4.78 is 16.2. The number of rotatable bonds is 9. The molecule has 0 aliphatic carbocycles. The number of benzene rings is 1. The van der Waals surface area contributed by atoms with Crippen LogP contribution in [-0.2, 0) is 0 Å². The molecule has 0 aromatic heterocycles. The molecule has 0 amide bonds. The van der Waals surface area contributed by atoms with Gasteiger partial charge in [-0.2, -0.15) is 0 Å². The molecule has 0 saturated carbocycles. The normalized spacial score (nSPS) is 11.8. The predicted molar refractivity (Wildman–Crippen MR) is 81.9 cm³/mol. The first kappa shape index (κ1) is 16.4. The van der Waals surface area contributed by atoms with E-state index in [0.29, 0.717) is 11.5 Å².